The molecule has 4 nitrogen and oxygen atoms in total. The van der Waals surface area contributed by atoms with E-state index in [1.165, 1.54) is 12.5 Å². The quantitative estimate of drug-likeness (QED) is 0.860. The summed E-state index contributed by atoms with van der Waals surface area (Å²) in [5.74, 6) is 0.856. The molecule has 2 aromatic rings. The van der Waals surface area contributed by atoms with Crippen LogP contribution in [0.5, 0.6) is 5.75 Å². The number of nitrogens with zero attached hydrogens (tertiary/aromatic N) is 1. The van der Waals surface area contributed by atoms with Gasteiger partial charge >= 0.3 is 0 Å². The number of likely N-dealkylation sites (tertiary alicyclic amines) is 1. The average Bonchev–Trinajstić information content (AvgIpc) is 3.17. The Morgan fingerprint density at radius 1 is 1.40 bits per heavy atom. The Morgan fingerprint density at radius 3 is 3.05 bits per heavy atom. The molecule has 0 unspecified atom stereocenters. The summed E-state index contributed by atoms with van der Waals surface area (Å²) in [6.45, 7) is 0.784. The summed E-state index contributed by atoms with van der Waals surface area (Å²) in [7, 11) is 1.65. The molecular formula is C16H17NO3. The molecule has 20 heavy (non-hydrogen) atoms. The number of hydrogen-bond donors (Lipinski definition) is 0. The smallest absolute Gasteiger partial charge is 0.257 e. The van der Waals surface area contributed by atoms with Gasteiger partial charge in [-0.3, -0.25) is 4.79 Å². The third-order valence-electron chi connectivity index (χ3n) is 3.76. The van der Waals surface area contributed by atoms with Gasteiger partial charge in [-0.25, -0.2) is 0 Å². The fourth-order valence-electron chi connectivity index (χ4n) is 2.76. The number of amides is 1. The van der Waals surface area contributed by atoms with Crippen molar-refractivity contribution >= 4 is 5.91 Å². The molecule has 1 aromatic heterocycles. The van der Waals surface area contributed by atoms with Crippen molar-refractivity contribution in [2.24, 2.45) is 0 Å². The monoisotopic (exact) mass is 271 g/mol. The largest absolute Gasteiger partial charge is 0.497 e. The van der Waals surface area contributed by atoms with Crippen LogP contribution in [-0.4, -0.2) is 24.5 Å². The van der Waals surface area contributed by atoms with Gasteiger partial charge in [0, 0.05) is 6.54 Å². The second-order valence-corrected chi connectivity index (χ2v) is 4.95. The number of rotatable bonds is 3. The number of carbonyl (C=O) groups excluding carboxylic acids is 1. The normalized spacial score (nSPS) is 18.2. The van der Waals surface area contributed by atoms with Gasteiger partial charge in [-0.15, -0.1) is 0 Å². The van der Waals surface area contributed by atoms with Gasteiger partial charge in [-0.2, -0.15) is 0 Å². The summed E-state index contributed by atoms with van der Waals surface area (Å²) in [6, 6.07) is 9.77. The molecule has 4 heteroatoms. The molecule has 1 saturated heterocycles. The maximum atomic E-state index is 12.5. The first-order valence-electron chi connectivity index (χ1n) is 6.76. The molecule has 1 atom stereocenters. The van der Waals surface area contributed by atoms with Crippen molar-refractivity contribution in [3.8, 4) is 5.75 Å². The van der Waals surface area contributed by atoms with Gasteiger partial charge in [0.1, 0.15) is 12.0 Å². The molecule has 0 aliphatic carbocycles. The lowest BCUT2D eigenvalue weighted by Crippen LogP contribution is -2.30. The Labute approximate surface area is 118 Å². The molecule has 2 heterocycles. The van der Waals surface area contributed by atoms with Crippen LogP contribution in [0.15, 0.2) is 47.3 Å². The van der Waals surface area contributed by atoms with Gasteiger partial charge in [0.15, 0.2) is 0 Å². The molecule has 3 rings (SSSR count). The van der Waals surface area contributed by atoms with E-state index in [9.17, 15) is 4.79 Å². The van der Waals surface area contributed by atoms with E-state index in [0.717, 1.165) is 30.7 Å². The van der Waals surface area contributed by atoms with Gasteiger partial charge in [-0.05, 0) is 36.6 Å². The molecule has 0 saturated carbocycles. The highest BCUT2D eigenvalue weighted by Gasteiger charge is 2.31. The summed E-state index contributed by atoms with van der Waals surface area (Å²) in [5, 5.41) is 0. The Kier molecular flexibility index (Phi) is 3.46. The van der Waals surface area contributed by atoms with E-state index in [1.807, 2.05) is 29.2 Å². The first-order chi connectivity index (χ1) is 9.79. The number of carbonyl (C=O) groups is 1. The lowest BCUT2D eigenvalue weighted by atomic mass is 10.0. The number of ether oxygens (including phenoxy) is 1. The first kappa shape index (κ1) is 12.8. The Hall–Kier alpha value is -2.23. The Bertz CT molecular complexity index is 592. The lowest BCUT2D eigenvalue weighted by molar-refractivity contribution is 0.0734. The number of hydrogen-bond acceptors (Lipinski definition) is 3. The average molecular weight is 271 g/mol. The van der Waals surface area contributed by atoms with E-state index >= 15 is 0 Å². The molecule has 104 valence electrons. The molecule has 0 spiro atoms. The maximum absolute atomic E-state index is 12.5. The number of methoxy groups -OCH3 is 1. The lowest BCUT2D eigenvalue weighted by Gasteiger charge is -2.25. The van der Waals surface area contributed by atoms with Crippen LogP contribution in [0.25, 0.3) is 0 Å². The molecule has 1 aromatic carbocycles. The summed E-state index contributed by atoms with van der Waals surface area (Å²) < 4.78 is 10.3. The summed E-state index contributed by atoms with van der Waals surface area (Å²) in [4.78, 5) is 14.4. The minimum Gasteiger partial charge on any atom is -0.497 e. The zero-order valence-corrected chi connectivity index (χ0v) is 11.4. The molecule has 1 aliphatic rings. The van der Waals surface area contributed by atoms with Crippen LogP contribution in [0.3, 0.4) is 0 Å². The van der Waals surface area contributed by atoms with E-state index in [0.29, 0.717) is 5.56 Å². The van der Waals surface area contributed by atoms with Crippen LogP contribution in [0.4, 0.5) is 0 Å². The highest BCUT2D eigenvalue weighted by molar-refractivity contribution is 5.94. The third kappa shape index (κ3) is 2.29. The predicted molar refractivity (Wildman–Crippen MR) is 74.7 cm³/mol. The Morgan fingerprint density at radius 2 is 2.30 bits per heavy atom. The van der Waals surface area contributed by atoms with Crippen molar-refractivity contribution in [3.63, 3.8) is 0 Å². The minimum absolute atomic E-state index is 0.0315. The highest BCUT2D eigenvalue weighted by Crippen LogP contribution is 2.34. The molecule has 1 amide bonds. The van der Waals surface area contributed by atoms with E-state index in [1.54, 1.807) is 13.2 Å². The van der Waals surface area contributed by atoms with Gasteiger partial charge in [0.2, 0.25) is 0 Å². The summed E-state index contributed by atoms with van der Waals surface area (Å²) >= 11 is 0. The van der Waals surface area contributed by atoms with Crippen molar-refractivity contribution in [2.45, 2.75) is 18.9 Å². The first-order valence-corrected chi connectivity index (χ1v) is 6.76. The Balaban J connectivity index is 1.86. The zero-order chi connectivity index (χ0) is 13.9. The van der Waals surface area contributed by atoms with Crippen LogP contribution in [0, 0.1) is 0 Å². The highest BCUT2D eigenvalue weighted by atomic mass is 16.5. The van der Waals surface area contributed by atoms with Gasteiger partial charge in [0.25, 0.3) is 5.91 Å². The standard InChI is InChI=1S/C16H17NO3/c1-19-14-5-2-4-12(10-14)15-6-3-8-17(15)16(18)13-7-9-20-11-13/h2,4-5,7,9-11,15H,3,6,8H2,1H3/t15-/m1/s1. The maximum Gasteiger partial charge on any atom is 0.257 e. The van der Waals surface area contributed by atoms with Crippen LogP contribution in [0.1, 0.15) is 34.8 Å². The van der Waals surface area contributed by atoms with Crippen LogP contribution in [0.2, 0.25) is 0 Å². The molecule has 0 N–H and O–H groups in total. The van der Waals surface area contributed by atoms with Gasteiger partial charge in [-0.1, -0.05) is 12.1 Å². The SMILES string of the molecule is COc1cccc([C@H]2CCCN2C(=O)c2ccoc2)c1. The zero-order valence-electron chi connectivity index (χ0n) is 11.4. The van der Waals surface area contributed by atoms with E-state index in [4.69, 9.17) is 9.15 Å². The molecule has 1 aliphatic heterocycles. The van der Waals surface area contributed by atoms with Gasteiger partial charge < -0.3 is 14.1 Å². The second kappa shape index (κ2) is 5.41. The van der Waals surface area contributed by atoms with Crippen molar-refractivity contribution in [1.82, 2.24) is 4.90 Å². The summed E-state index contributed by atoms with van der Waals surface area (Å²) in [6.07, 6.45) is 5.04. The van der Waals surface area contributed by atoms with Crippen molar-refractivity contribution < 1.29 is 13.9 Å². The van der Waals surface area contributed by atoms with Crippen LogP contribution in [-0.2, 0) is 0 Å². The van der Waals surface area contributed by atoms with Crippen molar-refractivity contribution in [1.29, 1.82) is 0 Å². The minimum atomic E-state index is 0.0315. The third-order valence-corrected chi connectivity index (χ3v) is 3.76. The van der Waals surface area contributed by atoms with Crippen molar-refractivity contribution in [2.75, 3.05) is 13.7 Å². The van der Waals surface area contributed by atoms with Crippen LogP contribution >= 0.6 is 0 Å². The topological polar surface area (TPSA) is 42.7 Å². The van der Waals surface area contributed by atoms with Crippen molar-refractivity contribution in [3.05, 3.63) is 54.0 Å². The van der Waals surface area contributed by atoms with E-state index < -0.39 is 0 Å². The number of benzene rings is 1. The number of furan rings is 1. The van der Waals surface area contributed by atoms with Gasteiger partial charge in [0.05, 0.1) is 25.0 Å². The van der Waals surface area contributed by atoms with E-state index in [-0.39, 0.29) is 11.9 Å². The summed E-state index contributed by atoms with van der Waals surface area (Å²) in [5.41, 5.74) is 1.73. The second-order valence-electron chi connectivity index (χ2n) is 4.95. The fraction of sp³-hybridized carbons (Fsp3) is 0.312. The predicted octanol–water partition coefficient (Wildman–Crippen LogP) is 3.27. The molecule has 0 bridgehead atoms. The molecule has 1 fully saturated rings. The fourth-order valence-corrected chi connectivity index (χ4v) is 2.76. The van der Waals surface area contributed by atoms with Crippen LogP contribution < -0.4 is 4.74 Å². The molecule has 0 radical (unpaired) electrons. The van der Waals surface area contributed by atoms with E-state index in [2.05, 4.69) is 0 Å². The molecular weight excluding hydrogens is 254 g/mol.